The van der Waals surface area contributed by atoms with Gasteiger partial charge in [-0.15, -0.1) is 0 Å². The van der Waals surface area contributed by atoms with Crippen molar-refractivity contribution in [3.8, 4) is 0 Å². The van der Waals surface area contributed by atoms with Gasteiger partial charge in [0.25, 0.3) is 5.91 Å². The van der Waals surface area contributed by atoms with Crippen LogP contribution in [0, 0.1) is 0 Å². The predicted molar refractivity (Wildman–Crippen MR) is 80.0 cm³/mol. The highest BCUT2D eigenvalue weighted by Gasteiger charge is 2.43. The Labute approximate surface area is 123 Å². The summed E-state index contributed by atoms with van der Waals surface area (Å²) in [5.74, 6) is 0.0682. The molecule has 4 nitrogen and oxygen atoms in total. The number of piperidine rings is 1. The standard InChI is InChI=1S/C17H18N2O2/c20-14-9-12-6-7-13(10-14)19(12)17(21)15-5-1-3-11-4-2-8-18-16(11)15/h1-5,8,12-14,20H,6-7,9-10H2. The summed E-state index contributed by atoms with van der Waals surface area (Å²) in [6, 6.07) is 9.99. The number of aliphatic hydroxyl groups excluding tert-OH is 1. The molecule has 2 bridgehead atoms. The molecule has 2 fully saturated rings. The fraction of sp³-hybridized carbons (Fsp3) is 0.412. The van der Waals surface area contributed by atoms with E-state index in [9.17, 15) is 9.90 Å². The molecule has 4 rings (SSSR count). The topological polar surface area (TPSA) is 53.4 Å². The van der Waals surface area contributed by atoms with Gasteiger partial charge in [-0.3, -0.25) is 9.78 Å². The molecule has 2 aliphatic rings. The number of amides is 1. The number of fused-ring (bicyclic) bond motifs is 3. The Bertz CT molecular complexity index is 681. The van der Waals surface area contributed by atoms with Crippen LogP contribution in [0.2, 0.25) is 0 Å². The average Bonchev–Trinajstić information content (AvgIpc) is 2.78. The maximum absolute atomic E-state index is 13.0. The molecule has 1 N–H and O–H groups in total. The molecule has 1 aromatic heterocycles. The van der Waals surface area contributed by atoms with Crippen LogP contribution in [0.15, 0.2) is 36.5 Å². The summed E-state index contributed by atoms with van der Waals surface area (Å²) in [5, 5.41) is 10.9. The first kappa shape index (κ1) is 12.8. The average molecular weight is 282 g/mol. The first-order valence-corrected chi connectivity index (χ1v) is 7.58. The zero-order valence-electron chi connectivity index (χ0n) is 11.8. The van der Waals surface area contributed by atoms with Crippen LogP contribution in [0.25, 0.3) is 10.9 Å². The van der Waals surface area contributed by atoms with Crippen LogP contribution < -0.4 is 0 Å². The minimum Gasteiger partial charge on any atom is -0.393 e. The van der Waals surface area contributed by atoms with Gasteiger partial charge >= 0.3 is 0 Å². The van der Waals surface area contributed by atoms with Gasteiger partial charge in [0.1, 0.15) is 0 Å². The number of rotatable bonds is 1. The highest BCUT2D eigenvalue weighted by molar-refractivity contribution is 6.05. The number of hydrogen-bond donors (Lipinski definition) is 1. The first-order chi connectivity index (χ1) is 10.2. The van der Waals surface area contributed by atoms with Crippen molar-refractivity contribution in [2.24, 2.45) is 0 Å². The molecule has 0 spiro atoms. The van der Waals surface area contributed by atoms with Crippen LogP contribution in [0.5, 0.6) is 0 Å². The fourth-order valence-corrected chi connectivity index (χ4v) is 3.90. The van der Waals surface area contributed by atoms with Gasteiger partial charge in [0, 0.05) is 23.7 Å². The number of pyridine rings is 1. The quantitative estimate of drug-likeness (QED) is 0.873. The summed E-state index contributed by atoms with van der Waals surface area (Å²) >= 11 is 0. The molecular weight excluding hydrogens is 264 g/mol. The molecule has 21 heavy (non-hydrogen) atoms. The van der Waals surface area contributed by atoms with E-state index in [0.717, 1.165) is 23.7 Å². The molecule has 2 saturated heterocycles. The van der Waals surface area contributed by atoms with Crippen LogP contribution in [0.1, 0.15) is 36.0 Å². The summed E-state index contributed by atoms with van der Waals surface area (Å²) in [4.78, 5) is 19.4. The lowest BCUT2D eigenvalue weighted by Gasteiger charge is -2.37. The third-order valence-corrected chi connectivity index (χ3v) is 4.81. The molecule has 2 aromatic rings. The van der Waals surface area contributed by atoms with Gasteiger partial charge in [-0.1, -0.05) is 18.2 Å². The molecular formula is C17H18N2O2. The lowest BCUT2D eigenvalue weighted by atomic mass is 9.98. The Kier molecular flexibility index (Phi) is 2.93. The highest BCUT2D eigenvalue weighted by atomic mass is 16.3. The highest BCUT2D eigenvalue weighted by Crippen LogP contribution is 2.37. The molecule has 2 aliphatic heterocycles. The smallest absolute Gasteiger partial charge is 0.256 e. The van der Waals surface area contributed by atoms with Crippen molar-refractivity contribution in [1.82, 2.24) is 9.88 Å². The van der Waals surface area contributed by atoms with Gasteiger partial charge in [0.05, 0.1) is 17.2 Å². The fourth-order valence-electron chi connectivity index (χ4n) is 3.90. The Balaban J connectivity index is 1.74. The Morgan fingerprint density at radius 3 is 2.62 bits per heavy atom. The van der Waals surface area contributed by atoms with Crippen LogP contribution >= 0.6 is 0 Å². The van der Waals surface area contributed by atoms with E-state index in [1.54, 1.807) is 6.20 Å². The van der Waals surface area contributed by atoms with E-state index in [0.29, 0.717) is 18.4 Å². The number of aromatic nitrogens is 1. The molecule has 0 aliphatic carbocycles. The third kappa shape index (κ3) is 2.02. The minimum atomic E-state index is -0.253. The van der Waals surface area contributed by atoms with Gasteiger partial charge < -0.3 is 10.0 Å². The second-order valence-corrected chi connectivity index (χ2v) is 6.10. The van der Waals surface area contributed by atoms with Crippen molar-refractivity contribution in [3.05, 3.63) is 42.1 Å². The maximum atomic E-state index is 13.0. The monoisotopic (exact) mass is 282 g/mol. The van der Waals surface area contributed by atoms with Crippen molar-refractivity contribution < 1.29 is 9.90 Å². The second kappa shape index (κ2) is 4.81. The number of hydrogen-bond acceptors (Lipinski definition) is 3. The van der Waals surface area contributed by atoms with Crippen LogP contribution in [0.3, 0.4) is 0 Å². The molecule has 4 heteroatoms. The first-order valence-electron chi connectivity index (χ1n) is 7.58. The molecule has 1 amide bonds. The lowest BCUT2D eigenvalue weighted by molar-refractivity contribution is 0.0288. The molecule has 0 saturated carbocycles. The molecule has 108 valence electrons. The summed E-state index contributed by atoms with van der Waals surface area (Å²) in [7, 11) is 0. The Morgan fingerprint density at radius 2 is 1.86 bits per heavy atom. The van der Waals surface area contributed by atoms with E-state index in [4.69, 9.17) is 0 Å². The second-order valence-electron chi connectivity index (χ2n) is 6.10. The van der Waals surface area contributed by atoms with E-state index in [-0.39, 0.29) is 24.1 Å². The van der Waals surface area contributed by atoms with Gasteiger partial charge in [-0.2, -0.15) is 0 Å². The van der Waals surface area contributed by atoms with Crippen molar-refractivity contribution in [1.29, 1.82) is 0 Å². The number of carbonyl (C=O) groups is 1. The lowest BCUT2D eigenvalue weighted by Crippen LogP contribution is -2.48. The van der Waals surface area contributed by atoms with Gasteiger partial charge in [0.2, 0.25) is 0 Å². The number of carbonyl (C=O) groups excluding carboxylic acids is 1. The van der Waals surface area contributed by atoms with Crippen molar-refractivity contribution in [2.75, 3.05) is 0 Å². The molecule has 2 atom stereocenters. The van der Waals surface area contributed by atoms with E-state index >= 15 is 0 Å². The van der Waals surface area contributed by atoms with Crippen LogP contribution in [0.4, 0.5) is 0 Å². The zero-order chi connectivity index (χ0) is 14.4. The number of benzene rings is 1. The van der Waals surface area contributed by atoms with Gasteiger partial charge in [-0.05, 0) is 37.8 Å². The van der Waals surface area contributed by atoms with Crippen LogP contribution in [-0.2, 0) is 0 Å². The Hall–Kier alpha value is -1.94. The van der Waals surface area contributed by atoms with Crippen molar-refractivity contribution in [2.45, 2.75) is 43.9 Å². The van der Waals surface area contributed by atoms with Crippen molar-refractivity contribution >= 4 is 16.8 Å². The summed E-state index contributed by atoms with van der Waals surface area (Å²) < 4.78 is 0. The SMILES string of the molecule is O=C(c1cccc2cccnc12)N1C2CCC1CC(O)C2. The zero-order valence-corrected chi connectivity index (χ0v) is 11.8. The number of para-hydroxylation sites is 1. The van der Waals surface area contributed by atoms with E-state index in [2.05, 4.69) is 4.98 Å². The van der Waals surface area contributed by atoms with E-state index < -0.39 is 0 Å². The maximum Gasteiger partial charge on any atom is 0.256 e. The Morgan fingerprint density at radius 1 is 1.14 bits per heavy atom. The van der Waals surface area contributed by atoms with Gasteiger partial charge in [-0.25, -0.2) is 0 Å². The van der Waals surface area contributed by atoms with Crippen LogP contribution in [-0.4, -0.2) is 39.1 Å². The summed E-state index contributed by atoms with van der Waals surface area (Å²) in [6.45, 7) is 0. The molecule has 2 unspecified atom stereocenters. The van der Waals surface area contributed by atoms with E-state index in [1.165, 1.54) is 0 Å². The normalized spacial score (nSPS) is 28.0. The van der Waals surface area contributed by atoms with E-state index in [1.807, 2.05) is 35.2 Å². The third-order valence-electron chi connectivity index (χ3n) is 4.81. The number of aliphatic hydroxyl groups is 1. The van der Waals surface area contributed by atoms with Crippen molar-refractivity contribution in [3.63, 3.8) is 0 Å². The molecule has 0 radical (unpaired) electrons. The minimum absolute atomic E-state index is 0.0682. The summed E-state index contributed by atoms with van der Waals surface area (Å²) in [6.07, 6.45) is 4.91. The number of nitrogens with zero attached hydrogens (tertiary/aromatic N) is 2. The summed E-state index contributed by atoms with van der Waals surface area (Å²) in [5.41, 5.74) is 1.46. The largest absolute Gasteiger partial charge is 0.393 e. The molecule has 3 heterocycles. The predicted octanol–water partition coefficient (Wildman–Crippen LogP) is 2.36. The molecule has 1 aromatic carbocycles. The van der Waals surface area contributed by atoms with Gasteiger partial charge in [0.15, 0.2) is 0 Å².